The number of rotatable bonds is 1. The maximum absolute atomic E-state index is 12.8. The van der Waals surface area contributed by atoms with Crippen LogP contribution in [0.2, 0.25) is 5.02 Å². The lowest BCUT2D eigenvalue weighted by molar-refractivity contribution is 0.456. The summed E-state index contributed by atoms with van der Waals surface area (Å²) < 4.78 is 2.36. The highest BCUT2D eigenvalue weighted by molar-refractivity contribution is 7.23. The van der Waals surface area contributed by atoms with Gasteiger partial charge in [-0.1, -0.05) is 53.3 Å². The zero-order valence-electron chi connectivity index (χ0n) is 11.2. The van der Waals surface area contributed by atoms with Crippen molar-refractivity contribution < 1.29 is 5.11 Å². The van der Waals surface area contributed by atoms with Crippen molar-refractivity contribution in [2.75, 3.05) is 0 Å². The van der Waals surface area contributed by atoms with Crippen molar-refractivity contribution in [3.05, 3.63) is 63.9 Å². The number of halogens is 1. The van der Waals surface area contributed by atoms with Crippen molar-refractivity contribution in [3.63, 3.8) is 0 Å². The molecule has 108 valence electrons. The Morgan fingerprint density at radius 3 is 2.68 bits per heavy atom. The molecule has 2 aromatic carbocycles. The Kier molecular flexibility index (Phi) is 2.92. The highest BCUT2D eigenvalue weighted by Crippen LogP contribution is 2.30. The number of benzene rings is 2. The molecule has 22 heavy (non-hydrogen) atoms. The highest BCUT2D eigenvalue weighted by Gasteiger charge is 2.17. The van der Waals surface area contributed by atoms with Gasteiger partial charge in [0, 0.05) is 5.02 Å². The van der Waals surface area contributed by atoms with Crippen molar-refractivity contribution in [2.45, 2.75) is 0 Å². The molecule has 0 amide bonds. The molecule has 2 aromatic heterocycles. The zero-order valence-corrected chi connectivity index (χ0v) is 12.7. The van der Waals surface area contributed by atoms with Crippen LogP contribution in [0.4, 0.5) is 0 Å². The Morgan fingerprint density at radius 2 is 1.91 bits per heavy atom. The van der Waals surface area contributed by atoms with Crippen LogP contribution in [0, 0.1) is 0 Å². The number of fused-ring (bicyclic) bond motifs is 3. The Morgan fingerprint density at radius 1 is 1.14 bits per heavy atom. The molecule has 0 radical (unpaired) electrons. The van der Waals surface area contributed by atoms with E-state index in [4.69, 9.17) is 11.6 Å². The summed E-state index contributed by atoms with van der Waals surface area (Å²) in [4.78, 5) is 17.5. The van der Waals surface area contributed by atoms with Crippen LogP contribution in [-0.2, 0) is 0 Å². The number of aromatic hydroxyl groups is 1. The summed E-state index contributed by atoms with van der Waals surface area (Å²) in [5, 5.41) is 10.8. The number of aromatic nitrogens is 2. The van der Waals surface area contributed by atoms with Gasteiger partial charge in [-0.05, 0) is 23.8 Å². The van der Waals surface area contributed by atoms with Gasteiger partial charge in [-0.25, -0.2) is 0 Å². The third-order valence-electron chi connectivity index (χ3n) is 3.46. The molecule has 6 heteroatoms. The van der Waals surface area contributed by atoms with Gasteiger partial charge in [0.1, 0.15) is 5.56 Å². The molecule has 0 unspecified atom stereocenters. The Hall–Kier alpha value is -2.37. The van der Waals surface area contributed by atoms with Crippen molar-refractivity contribution in [2.24, 2.45) is 0 Å². The molecule has 4 nitrogen and oxygen atoms in total. The summed E-state index contributed by atoms with van der Waals surface area (Å²) in [5.74, 6) is -0.256. The van der Waals surface area contributed by atoms with Crippen LogP contribution >= 0.6 is 22.9 Å². The first-order chi connectivity index (χ1) is 10.6. The first-order valence-electron chi connectivity index (χ1n) is 6.54. The molecule has 0 aliphatic rings. The minimum atomic E-state index is -0.290. The molecule has 0 saturated carbocycles. The van der Waals surface area contributed by atoms with E-state index in [1.807, 2.05) is 18.2 Å². The molecule has 0 atom stereocenters. The normalized spacial score (nSPS) is 11.3. The molecule has 0 saturated heterocycles. The first-order valence-corrected chi connectivity index (χ1v) is 7.74. The average molecular weight is 329 g/mol. The van der Waals surface area contributed by atoms with Gasteiger partial charge in [0.25, 0.3) is 5.56 Å². The van der Waals surface area contributed by atoms with Gasteiger partial charge < -0.3 is 5.11 Å². The predicted molar refractivity (Wildman–Crippen MR) is 89.0 cm³/mol. The summed E-state index contributed by atoms with van der Waals surface area (Å²) in [5.41, 5.74) is 1.29. The number of hydrogen-bond donors (Lipinski definition) is 1. The third kappa shape index (κ3) is 1.90. The van der Waals surface area contributed by atoms with Gasteiger partial charge in [-0.3, -0.25) is 9.20 Å². The van der Waals surface area contributed by atoms with Gasteiger partial charge in [0.2, 0.25) is 10.8 Å². The molecule has 4 rings (SSSR count). The quantitative estimate of drug-likeness (QED) is 0.576. The fraction of sp³-hybridized carbons (Fsp3) is 0. The second kappa shape index (κ2) is 4.83. The zero-order chi connectivity index (χ0) is 15.3. The SMILES string of the molecule is O=c1c(-c2ccccc2)c(O)nc2sc3cc(Cl)ccc3n12. The van der Waals surface area contributed by atoms with Gasteiger partial charge in [-0.15, -0.1) is 0 Å². The fourth-order valence-electron chi connectivity index (χ4n) is 2.48. The molecular formula is C16H9ClN2O2S. The molecule has 1 N–H and O–H groups in total. The van der Waals surface area contributed by atoms with Crippen LogP contribution in [0.25, 0.3) is 26.3 Å². The van der Waals surface area contributed by atoms with E-state index in [1.165, 1.54) is 15.7 Å². The molecular weight excluding hydrogens is 320 g/mol. The van der Waals surface area contributed by atoms with Crippen LogP contribution in [0.15, 0.2) is 53.3 Å². The molecule has 0 spiro atoms. The van der Waals surface area contributed by atoms with E-state index in [0.717, 1.165) is 10.2 Å². The Bertz CT molecular complexity index is 1070. The van der Waals surface area contributed by atoms with E-state index in [-0.39, 0.29) is 17.0 Å². The maximum Gasteiger partial charge on any atom is 0.270 e. The van der Waals surface area contributed by atoms with Crippen LogP contribution in [0.3, 0.4) is 0 Å². The van der Waals surface area contributed by atoms with Crippen molar-refractivity contribution >= 4 is 38.1 Å². The van der Waals surface area contributed by atoms with Gasteiger partial charge in [0.15, 0.2) is 0 Å². The van der Waals surface area contributed by atoms with Crippen LogP contribution in [-0.4, -0.2) is 14.5 Å². The van der Waals surface area contributed by atoms with Crippen LogP contribution in [0.1, 0.15) is 0 Å². The van der Waals surface area contributed by atoms with Gasteiger partial charge >= 0.3 is 0 Å². The lowest BCUT2D eigenvalue weighted by Crippen LogP contribution is -2.15. The molecule has 2 heterocycles. The maximum atomic E-state index is 12.8. The van der Waals surface area contributed by atoms with E-state index in [9.17, 15) is 9.90 Å². The largest absolute Gasteiger partial charge is 0.493 e. The molecule has 0 aliphatic heterocycles. The highest BCUT2D eigenvalue weighted by atomic mass is 35.5. The summed E-state index contributed by atoms with van der Waals surface area (Å²) >= 11 is 7.31. The monoisotopic (exact) mass is 328 g/mol. The lowest BCUT2D eigenvalue weighted by Gasteiger charge is -2.04. The summed E-state index contributed by atoms with van der Waals surface area (Å²) in [6.07, 6.45) is 0. The van der Waals surface area contributed by atoms with E-state index >= 15 is 0 Å². The molecule has 0 fully saturated rings. The lowest BCUT2D eigenvalue weighted by atomic mass is 10.1. The topological polar surface area (TPSA) is 54.6 Å². The summed E-state index contributed by atoms with van der Waals surface area (Å²) in [6, 6.07) is 14.3. The van der Waals surface area contributed by atoms with Crippen LogP contribution < -0.4 is 5.56 Å². The van der Waals surface area contributed by atoms with Crippen molar-refractivity contribution in [1.82, 2.24) is 9.38 Å². The number of nitrogens with zero attached hydrogens (tertiary/aromatic N) is 2. The van der Waals surface area contributed by atoms with E-state index in [0.29, 0.717) is 15.5 Å². The van der Waals surface area contributed by atoms with Gasteiger partial charge in [0.05, 0.1) is 10.2 Å². The smallest absolute Gasteiger partial charge is 0.270 e. The Balaban J connectivity index is 2.16. The van der Waals surface area contributed by atoms with E-state index in [1.54, 1.807) is 30.3 Å². The minimum Gasteiger partial charge on any atom is -0.493 e. The molecule has 4 aromatic rings. The number of hydrogen-bond acceptors (Lipinski definition) is 4. The van der Waals surface area contributed by atoms with Crippen molar-refractivity contribution in [3.8, 4) is 17.0 Å². The predicted octanol–water partition coefficient (Wildman–Crippen LogP) is 3.94. The number of thiazole rings is 1. The fourth-order valence-corrected chi connectivity index (χ4v) is 3.77. The van der Waals surface area contributed by atoms with Crippen molar-refractivity contribution in [1.29, 1.82) is 0 Å². The van der Waals surface area contributed by atoms with Crippen LogP contribution in [0.5, 0.6) is 5.88 Å². The van der Waals surface area contributed by atoms with Gasteiger partial charge in [-0.2, -0.15) is 4.98 Å². The third-order valence-corrected chi connectivity index (χ3v) is 4.70. The average Bonchev–Trinajstić information content (AvgIpc) is 2.85. The van der Waals surface area contributed by atoms with E-state index < -0.39 is 0 Å². The standard InChI is InChI=1S/C16H9ClN2O2S/c17-10-6-7-11-12(8-10)22-16-18-14(20)13(15(21)19(11)16)9-4-2-1-3-5-9/h1-8,20H. The summed E-state index contributed by atoms with van der Waals surface area (Å²) in [7, 11) is 0. The van der Waals surface area contributed by atoms with E-state index in [2.05, 4.69) is 4.98 Å². The Labute approximate surface area is 133 Å². The second-order valence-corrected chi connectivity index (χ2v) is 6.26. The molecule has 0 aliphatic carbocycles. The summed E-state index contributed by atoms with van der Waals surface area (Å²) in [6.45, 7) is 0. The first kappa shape index (κ1) is 13.3. The minimum absolute atomic E-state index is 0.202. The second-order valence-electron chi connectivity index (χ2n) is 4.81. The molecule has 0 bridgehead atoms.